The number of amides is 2. The Bertz CT molecular complexity index is 2560. The highest BCUT2D eigenvalue weighted by molar-refractivity contribution is 9.10. The first-order valence-electron chi connectivity index (χ1n) is 19.4. The van der Waals surface area contributed by atoms with Crippen molar-refractivity contribution in [1.29, 1.82) is 0 Å². The van der Waals surface area contributed by atoms with Gasteiger partial charge in [-0.1, -0.05) is 78.9 Å². The van der Waals surface area contributed by atoms with Crippen molar-refractivity contribution in [3.63, 3.8) is 0 Å². The van der Waals surface area contributed by atoms with E-state index in [0.29, 0.717) is 43.0 Å². The van der Waals surface area contributed by atoms with Crippen LogP contribution in [-0.2, 0) is 28.9 Å². The maximum atomic E-state index is 13.6. The van der Waals surface area contributed by atoms with Crippen LogP contribution in [0.25, 0.3) is 22.4 Å². The Hall–Kier alpha value is -6.15. The molecule has 7 aromatic rings. The standard InChI is InChI=1S/C26H22F3N3O2.C19H18BrN3O2/c27-26(28,29)21-12-5-4-10-19(21)20-11-6-14-31-16-22(30-24(20)31)23-13-7-15-32(23)25(33)34-17-18-8-2-1-3-9-18;20-15-8-4-10-22-12-16(21-18(15)22)17-9-5-11-23(17)19(24)25-13-14-6-2-1-3-7-14/h1-6,8-12,14,16,23H,7,13,15,17H2;1-4,6-8,10,12,17H,5,9,11,13H2/t23-;17-/m00/s1. The van der Waals surface area contributed by atoms with Gasteiger partial charge in [-0.3, -0.25) is 9.80 Å². The molecule has 0 N–H and O–H groups in total. The molecule has 0 saturated carbocycles. The molecule has 2 fully saturated rings. The van der Waals surface area contributed by atoms with Crippen LogP contribution in [0.4, 0.5) is 22.8 Å². The van der Waals surface area contributed by atoms with Crippen molar-refractivity contribution in [1.82, 2.24) is 28.6 Å². The molecule has 59 heavy (non-hydrogen) atoms. The Morgan fingerprint density at radius 1 is 0.627 bits per heavy atom. The van der Waals surface area contributed by atoms with Gasteiger partial charge in [0.2, 0.25) is 0 Å². The molecule has 4 aromatic heterocycles. The molecule has 2 atom stereocenters. The highest BCUT2D eigenvalue weighted by Crippen LogP contribution is 2.39. The van der Waals surface area contributed by atoms with E-state index in [1.165, 1.54) is 12.1 Å². The fourth-order valence-electron chi connectivity index (χ4n) is 7.72. The Kier molecular flexibility index (Phi) is 11.7. The summed E-state index contributed by atoms with van der Waals surface area (Å²) >= 11 is 3.52. The SMILES string of the molecule is O=C(OCc1ccccc1)N1CCC[C@H]1c1cn2cccc(-c3ccccc3C(F)(F)F)c2n1.O=C(OCc1ccccc1)N1CCC[C@H]1c1cn2cccc(Br)c2n1. The predicted molar refractivity (Wildman–Crippen MR) is 219 cm³/mol. The third kappa shape index (κ3) is 8.82. The number of pyridine rings is 2. The van der Waals surface area contributed by atoms with Gasteiger partial charge in [0.15, 0.2) is 5.65 Å². The Balaban J connectivity index is 0.000000172. The number of carbonyl (C=O) groups is 2. The minimum absolute atomic E-state index is 0.0323. The van der Waals surface area contributed by atoms with E-state index in [-0.39, 0.29) is 30.3 Å². The molecule has 0 unspecified atom stereocenters. The zero-order chi connectivity index (χ0) is 40.9. The summed E-state index contributed by atoms with van der Waals surface area (Å²) in [7, 11) is 0. The molecule has 0 bridgehead atoms. The lowest BCUT2D eigenvalue weighted by molar-refractivity contribution is -0.137. The van der Waals surface area contributed by atoms with Gasteiger partial charge in [-0.2, -0.15) is 13.2 Å². The number of hydrogen-bond acceptors (Lipinski definition) is 6. The van der Waals surface area contributed by atoms with Crippen LogP contribution in [0.15, 0.2) is 138 Å². The van der Waals surface area contributed by atoms with Crippen molar-refractivity contribution in [2.75, 3.05) is 13.1 Å². The van der Waals surface area contributed by atoms with E-state index < -0.39 is 17.8 Å². The molecule has 0 spiro atoms. The number of nitrogens with zero attached hydrogens (tertiary/aromatic N) is 6. The second-order valence-corrected chi connectivity index (χ2v) is 15.3. The molecule has 2 aliphatic heterocycles. The van der Waals surface area contributed by atoms with Gasteiger partial charge in [0.1, 0.15) is 18.9 Å². The van der Waals surface area contributed by atoms with Gasteiger partial charge in [0.05, 0.1) is 33.5 Å². The summed E-state index contributed by atoms with van der Waals surface area (Å²) in [5.41, 5.74) is 4.45. The van der Waals surface area contributed by atoms with Gasteiger partial charge in [0, 0.05) is 43.4 Å². The van der Waals surface area contributed by atoms with Crippen LogP contribution < -0.4 is 0 Å². The lowest BCUT2D eigenvalue weighted by Gasteiger charge is -2.22. The normalized spacial score (nSPS) is 16.6. The first-order valence-corrected chi connectivity index (χ1v) is 20.2. The molecular formula is C45H40BrF3N6O4. The minimum atomic E-state index is -4.48. The summed E-state index contributed by atoms with van der Waals surface area (Å²) in [6.07, 6.45) is 5.67. The molecular weight excluding hydrogens is 825 g/mol. The largest absolute Gasteiger partial charge is 0.445 e. The summed E-state index contributed by atoms with van der Waals surface area (Å²) in [4.78, 5) is 38.2. The average molecular weight is 866 g/mol. The van der Waals surface area contributed by atoms with Crippen LogP contribution in [0.3, 0.4) is 0 Å². The fraction of sp³-hybridized carbons (Fsp3) is 0.244. The molecule has 2 saturated heterocycles. The van der Waals surface area contributed by atoms with Crippen LogP contribution in [-0.4, -0.2) is 53.8 Å². The summed E-state index contributed by atoms with van der Waals surface area (Å²) < 4.78 is 56.6. The van der Waals surface area contributed by atoms with E-state index in [2.05, 4.69) is 15.9 Å². The molecule has 10 nitrogen and oxygen atoms in total. The van der Waals surface area contributed by atoms with E-state index in [4.69, 9.17) is 19.4 Å². The van der Waals surface area contributed by atoms with Crippen molar-refractivity contribution in [3.8, 4) is 11.1 Å². The summed E-state index contributed by atoms with van der Waals surface area (Å²) in [6.45, 7) is 1.70. The number of benzene rings is 3. The minimum Gasteiger partial charge on any atom is -0.445 e. The van der Waals surface area contributed by atoms with E-state index >= 15 is 0 Å². The lowest BCUT2D eigenvalue weighted by atomic mass is 10.0. The van der Waals surface area contributed by atoms with Gasteiger partial charge in [-0.05, 0) is 88.6 Å². The number of rotatable bonds is 7. The maximum absolute atomic E-state index is 13.6. The Morgan fingerprint density at radius 2 is 1.10 bits per heavy atom. The topological polar surface area (TPSA) is 93.7 Å². The van der Waals surface area contributed by atoms with Gasteiger partial charge >= 0.3 is 18.4 Å². The van der Waals surface area contributed by atoms with Crippen molar-refractivity contribution in [2.24, 2.45) is 0 Å². The molecule has 0 aliphatic carbocycles. The van der Waals surface area contributed by atoms with Crippen LogP contribution in [0.2, 0.25) is 0 Å². The number of alkyl halides is 3. The predicted octanol–water partition coefficient (Wildman–Crippen LogP) is 11.1. The second kappa shape index (κ2) is 17.4. The number of fused-ring (bicyclic) bond motifs is 2. The van der Waals surface area contributed by atoms with Crippen LogP contribution in [0.5, 0.6) is 0 Å². The molecule has 6 heterocycles. The van der Waals surface area contributed by atoms with Crippen molar-refractivity contribution in [3.05, 3.63) is 167 Å². The second-order valence-electron chi connectivity index (χ2n) is 14.4. The smallest absolute Gasteiger partial charge is 0.417 e. The number of carbonyl (C=O) groups excluding carboxylic acids is 2. The molecule has 2 aliphatic rings. The Labute approximate surface area is 347 Å². The monoisotopic (exact) mass is 864 g/mol. The summed E-state index contributed by atoms with van der Waals surface area (Å²) in [6, 6.07) is 31.6. The van der Waals surface area contributed by atoms with E-state index in [0.717, 1.165) is 52.3 Å². The van der Waals surface area contributed by atoms with Gasteiger partial charge < -0.3 is 18.3 Å². The number of ether oxygens (including phenoxy) is 2. The summed E-state index contributed by atoms with van der Waals surface area (Å²) in [5, 5.41) is 0. The first-order chi connectivity index (χ1) is 28.6. The zero-order valence-corrected chi connectivity index (χ0v) is 33.4. The maximum Gasteiger partial charge on any atom is 0.417 e. The molecule has 14 heteroatoms. The number of hydrogen-bond donors (Lipinski definition) is 0. The quantitative estimate of drug-likeness (QED) is 0.158. The number of imidazole rings is 2. The first kappa shape index (κ1) is 39.7. The molecule has 302 valence electrons. The molecule has 2 amide bonds. The van der Waals surface area contributed by atoms with E-state index in [9.17, 15) is 22.8 Å². The van der Waals surface area contributed by atoms with Gasteiger partial charge in [0.25, 0.3) is 0 Å². The Morgan fingerprint density at radius 3 is 1.64 bits per heavy atom. The lowest BCUT2D eigenvalue weighted by Crippen LogP contribution is -2.31. The van der Waals surface area contributed by atoms with Crippen LogP contribution in [0.1, 0.15) is 65.8 Å². The van der Waals surface area contributed by atoms with Crippen LogP contribution >= 0.6 is 15.9 Å². The third-order valence-corrected chi connectivity index (χ3v) is 11.2. The third-order valence-electron chi connectivity index (χ3n) is 10.5. The zero-order valence-electron chi connectivity index (χ0n) is 31.8. The average Bonchev–Trinajstić information content (AvgIpc) is 4.09. The van der Waals surface area contributed by atoms with Crippen molar-refractivity contribution < 1.29 is 32.2 Å². The molecule has 9 rings (SSSR count). The summed E-state index contributed by atoms with van der Waals surface area (Å²) in [5.74, 6) is 0. The fourth-order valence-corrected chi connectivity index (χ4v) is 8.16. The molecule has 3 aromatic carbocycles. The number of likely N-dealkylation sites (tertiary alicyclic amines) is 2. The highest BCUT2D eigenvalue weighted by Gasteiger charge is 2.36. The van der Waals surface area contributed by atoms with Gasteiger partial charge in [-0.15, -0.1) is 0 Å². The van der Waals surface area contributed by atoms with E-state index in [1.807, 2.05) is 89.6 Å². The van der Waals surface area contributed by atoms with Crippen molar-refractivity contribution in [2.45, 2.75) is 57.2 Å². The number of aromatic nitrogens is 4. The van der Waals surface area contributed by atoms with Crippen molar-refractivity contribution >= 4 is 39.4 Å². The van der Waals surface area contributed by atoms with Crippen LogP contribution in [0, 0.1) is 0 Å². The van der Waals surface area contributed by atoms with E-state index in [1.54, 1.807) is 44.8 Å². The highest BCUT2D eigenvalue weighted by atomic mass is 79.9. The van der Waals surface area contributed by atoms with Gasteiger partial charge in [-0.25, -0.2) is 19.6 Å². The number of halogens is 4. The molecule has 0 radical (unpaired) electrons.